The SMILES string of the molecule is O=C(NCCCCN1CCCC1)c1cccc(CC2CCNC2)c1. The zero-order valence-corrected chi connectivity index (χ0v) is 14.7. The second kappa shape index (κ2) is 9.19. The van der Waals surface area contributed by atoms with E-state index in [0.29, 0.717) is 5.92 Å². The van der Waals surface area contributed by atoms with Gasteiger partial charge in [0.25, 0.3) is 5.91 Å². The minimum Gasteiger partial charge on any atom is -0.352 e. The van der Waals surface area contributed by atoms with Gasteiger partial charge in [0.15, 0.2) is 0 Å². The molecule has 0 bridgehead atoms. The third kappa shape index (κ3) is 5.32. The Morgan fingerprint density at radius 3 is 2.92 bits per heavy atom. The molecular weight excluding hydrogens is 298 g/mol. The fraction of sp³-hybridized carbons (Fsp3) is 0.650. The van der Waals surface area contributed by atoms with Gasteiger partial charge in [-0.25, -0.2) is 0 Å². The number of nitrogens with one attached hydrogen (secondary N) is 2. The van der Waals surface area contributed by atoms with Gasteiger partial charge in [-0.15, -0.1) is 0 Å². The summed E-state index contributed by atoms with van der Waals surface area (Å²) in [6.07, 6.45) is 7.26. The fourth-order valence-corrected chi connectivity index (χ4v) is 3.83. The summed E-state index contributed by atoms with van der Waals surface area (Å²) in [5.41, 5.74) is 2.09. The van der Waals surface area contributed by atoms with Crippen LogP contribution in [-0.4, -0.2) is 50.1 Å². The van der Waals surface area contributed by atoms with E-state index < -0.39 is 0 Å². The Balaban J connectivity index is 1.37. The van der Waals surface area contributed by atoms with Crippen molar-refractivity contribution in [1.82, 2.24) is 15.5 Å². The number of amides is 1. The van der Waals surface area contributed by atoms with Crippen molar-refractivity contribution >= 4 is 5.91 Å². The van der Waals surface area contributed by atoms with E-state index in [-0.39, 0.29) is 5.91 Å². The van der Waals surface area contributed by atoms with Crippen LogP contribution >= 0.6 is 0 Å². The Hall–Kier alpha value is -1.39. The molecule has 0 saturated carbocycles. The highest BCUT2D eigenvalue weighted by Gasteiger charge is 2.15. The third-order valence-electron chi connectivity index (χ3n) is 5.26. The summed E-state index contributed by atoms with van der Waals surface area (Å²) >= 11 is 0. The molecule has 4 heteroatoms. The first-order valence-electron chi connectivity index (χ1n) is 9.61. The lowest BCUT2D eigenvalue weighted by Crippen LogP contribution is -2.26. The number of rotatable bonds is 8. The van der Waals surface area contributed by atoms with Crippen LogP contribution < -0.4 is 10.6 Å². The molecule has 1 amide bonds. The predicted molar refractivity (Wildman–Crippen MR) is 98.4 cm³/mol. The van der Waals surface area contributed by atoms with Crippen LogP contribution in [0.15, 0.2) is 24.3 Å². The van der Waals surface area contributed by atoms with Crippen molar-refractivity contribution < 1.29 is 4.79 Å². The molecule has 0 radical (unpaired) electrons. The molecule has 1 unspecified atom stereocenters. The molecule has 132 valence electrons. The number of likely N-dealkylation sites (tertiary alicyclic amines) is 1. The largest absolute Gasteiger partial charge is 0.352 e. The molecule has 1 aromatic carbocycles. The summed E-state index contributed by atoms with van der Waals surface area (Å²) in [6.45, 7) is 6.71. The van der Waals surface area contributed by atoms with Crippen LogP contribution in [-0.2, 0) is 6.42 Å². The number of benzene rings is 1. The van der Waals surface area contributed by atoms with Crippen molar-refractivity contribution in [3.8, 4) is 0 Å². The molecule has 2 heterocycles. The van der Waals surface area contributed by atoms with Crippen molar-refractivity contribution in [2.75, 3.05) is 39.3 Å². The summed E-state index contributed by atoms with van der Waals surface area (Å²) in [6, 6.07) is 8.15. The molecule has 1 aromatic rings. The first kappa shape index (κ1) is 17.4. The molecule has 2 saturated heterocycles. The van der Waals surface area contributed by atoms with E-state index in [4.69, 9.17) is 0 Å². The van der Waals surface area contributed by atoms with Gasteiger partial charge < -0.3 is 15.5 Å². The monoisotopic (exact) mass is 329 g/mol. The second-order valence-electron chi connectivity index (χ2n) is 7.28. The van der Waals surface area contributed by atoms with E-state index >= 15 is 0 Å². The summed E-state index contributed by atoms with van der Waals surface area (Å²) in [5.74, 6) is 0.788. The van der Waals surface area contributed by atoms with E-state index in [0.717, 1.165) is 38.0 Å². The Kier molecular flexibility index (Phi) is 6.67. The lowest BCUT2D eigenvalue weighted by atomic mass is 9.97. The van der Waals surface area contributed by atoms with E-state index in [1.54, 1.807) is 0 Å². The minimum atomic E-state index is 0.0718. The molecule has 2 N–H and O–H groups in total. The molecule has 24 heavy (non-hydrogen) atoms. The van der Waals surface area contributed by atoms with Gasteiger partial charge >= 0.3 is 0 Å². The summed E-state index contributed by atoms with van der Waals surface area (Å²) in [7, 11) is 0. The summed E-state index contributed by atoms with van der Waals surface area (Å²) in [5, 5.41) is 6.48. The number of hydrogen-bond donors (Lipinski definition) is 2. The lowest BCUT2D eigenvalue weighted by Gasteiger charge is -2.14. The first-order valence-corrected chi connectivity index (χ1v) is 9.61. The summed E-state index contributed by atoms with van der Waals surface area (Å²) < 4.78 is 0. The topological polar surface area (TPSA) is 44.4 Å². The maximum atomic E-state index is 12.3. The van der Waals surface area contributed by atoms with E-state index in [1.165, 1.54) is 50.9 Å². The number of carbonyl (C=O) groups excluding carboxylic acids is 1. The van der Waals surface area contributed by atoms with E-state index in [2.05, 4.69) is 27.7 Å². The zero-order chi connectivity index (χ0) is 16.6. The molecule has 4 nitrogen and oxygen atoms in total. The van der Waals surface area contributed by atoms with Gasteiger partial charge in [-0.3, -0.25) is 4.79 Å². The summed E-state index contributed by atoms with van der Waals surface area (Å²) in [4.78, 5) is 14.9. The fourth-order valence-electron chi connectivity index (χ4n) is 3.83. The number of carbonyl (C=O) groups is 1. The number of nitrogens with zero attached hydrogens (tertiary/aromatic N) is 1. The molecule has 2 aliphatic rings. The molecule has 0 spiro atoms. The molecular formula is C20H31N3O. The van der Waals surface area contributed by atoms with Crippen molar-refractivity contribution in [3.63, 3.8) is 0 Å². The average molecular weight is 329 g/mol. The van der Waals surface area contributed by atoms with Crippen LogP contribution in [0.5, 0.6) is 0 Å². The van der Waals surface area contributed by atoms with Crippen LogP contribution in [0.2, 0.25) is 0 Å². The van der Waals surface area contributed by atoms with Crippen LogP contribution in [0.4, 0.5) is 0 Å². The second-order valence-corrected chi connectivity index (χ2v) is 7.28. The van der Waals surface area contributed by atoms with Gasteiger partial charge in [-0.05, 0) is 94.9 Å². The maximum Gasteiger partial charge on any atom is 0.251 e. The van der Waals surface area contributed by atoms with Crippen LogP contribution in [0, 0.1) is 5.92 Å². The molecule has 2 fully saturated rings. The number of unbranched alkanes of at least 4 members (excludes halogenated alkanes) is 1. The quantitative estimate of drug-likeness (QED) is 0.720. The van der Waals surface area contributed by atoms with Crippen LogP contribution in [0.1, 0.15) is 48.0 Å². The molecule has 0 aromatic heterocycles. The molecule has 2 aliphatic heterocycles. The average Bonchev–Trinajstić information content (AvgIpc) is 3.28. The standard InChI is InChI=1S/C20H31N3O/c24-20(22-9-1-2-11-23-12-3-4-13-23)19-7-5-6-17(15-19)14-18-8-10-21-16-18/h5-7,15,18,21H,1-4,8-14,16H2,(H,22,24). The Morgan fingerprint density at radius 1 is 1.25 bits per heavy atom. The van der Waals surface area contributed by atoms with E-state index in [9.17, 15) is 4.79 Å². The minimum absolute atomic E-state index is 0.0718. The van der Waals surface area contributed by atoms with Gasteiger partial charge in [0.05, 0.1) is 0 Å². The maximum absolute atomic E-state index is 12.3. The third-order valence-corrected chi connectivity index (χ3v) is 5.26. The van der Waals surface area contributed by atoms with Gasteiger partial charge in [0.1, 0.15) is 0 Å². The van der Waals surface area contributed by atoms with Gasteiger partial charge in [-0.1, -0.05) is 12.1 Å². The highest BCUT2D eigenvalue weighted by Crippen LogP contribution is 2.16. The first-order chi connectivity index (χ1) is 11.8. The van der Waals surface area contributed by atoms with Gasteiger partial charge in [0, 0.05) is 12.1 Å². The van der Waals surface area contributed by atoms with Crippen LogP contribution in [0.3, 0.4) is 0 Å². The molecule has 0 aliphatic carbocycles. The normalized spacial score (nSPS) is 21.2. The zero-order valence-electron chi connectivity index (χ0n) is 14.7. The van der Waals surface area contributed by atoms with Crippen molar-refractivity contribution in [1.29, 1.82) is 0 Å². The predicted octanol–water partition coefficient (Wildman–Crippen LogP) is 2.44. The van der Waals surface area contributed by atoms with Crippen molar-refractivity contribution in [3.05, 3.63) is 35.4 Å². The smallest absolute Gasteiger partial charge is 0.251 e. The molecule has 3 rings (SSSR count). The Labute approximate surface area is 146 Å². The van der Waals surface area contributed by atoms with Crippen molar-refractivity contribution in [2.45, 2.75) is 38.5 Å². The lowest BCUT2D eigenvalue weighted by molar-refractivity contribution is 0.0952. The Morgan fingerprint density at radius 2 is 2.12 bits per heavy atom. The highest BCUT2D eigenvalue weighted by molar-refractivity contribution is 5.94. The Bertz CT molecular complexity index is 519. The molecule has 1 atom stereocenters. The van der Waals surface area contributed by atoms with Gasteiger partial charge in [0.2, 0.25) is 0 Å². The highest BCUT2D eigenvalue weighted by atomic mass is 16.1. The van der Waals surface area contributed by atoms with Gasteiger partial charge in [-0.2, -0.15) is 0 Å². The van der Waals surface area contributed by atoms with Crippen molar-refractivity contribution in [2.24, 2.45) is 5.92 Å². The van der Waals surface area contributed by atoms with E-state index in [1.807, 2.05) is 12.1 Å². The number of hydrogen-bond acceptors (Lipinski definition) is 3. The van der Waals surface area contributed by atoms with Crippen LogP contribution in [0.25, 0.3) is 0 Å².